The number of alkyl carbamates (subject to hydrolysis) is 3. The van der Waals surface area contributed by atoms with Gasteiger partial charge in [-0.1, -0.05) is 122 Å². The van der Waals surface area contributed by atoms with Crippen molar-refractivity contribution in [3.63, 3.8) is 0 Å². The number of carbonyl (C=O) groups excluding carboxylic acids is 9. The molecule has 0 spiro atoms. The first-order valence-electron chi connectivity index (χ1n) is 49.6. The van der Waals surface area contributed by atoms with Gasteiger partial charge in [-0.2, -0.15) is 17.6 Å². The summed E-state index contributed by atoms with van der Waals surface area (Å²) in [7, 11) is 4.61. The van der Waals surface area contributed by atoms with Crippen LogP contribution in [0.2, 0.25) is 0 Å². The van der Waals surface area contributed by atoms with Crippen LogP contribution in [0.1, 0.15) is 254 Å². The number of aryl methyl sites for hydroxylation is 1. The summed E-state index contributed by atoms with van der Waals surface area (Å²) in [5, 5.41) is 8.75. The maximum atomic E-state index is 16.0. The fourth-order valence-corrected chi connectivity index (χ4v) is 23.4. The van der Waals surface area contributed by atoms with Gasteiger partial charge in [0.2, 0.25) is 35.4 Å². The number of alkyl halides is 4. The molecule has 20 atom stereocenters. The van der Waals surface area contributed by atoms with Crippen molar-refractivity contribution in [2.24, 2.45) is 65.1 Å². The molecule has 7 saturated carbocycles. The molecule has 7 aliphatic carbocycles. The molecule has 6 aromatic rings. The van der Waals surface area contributed by atoms with E-state index in [4.69, 9.17) is 52.6 Å². The molecule has 30 nitrogen and oxygen atoms in total. The van der Waals surface area contributed by atoms with Crippen molar-refractivity contribution in [3.8, 4) is 34.9 Å². The fourth-order valence-electron chi connectivity index (χ4n) is 23.4. The minimum absolute atomic E-state index is 0. The third kappa shape index (κ3) is 23.7. The molecule has 6 bridgehead atoms. The monoisotopic (exact) mass is 2030 g/mol. The van der Waals surface area contributed by atoms with Gasteiger partial charge in [-0.3, -0.25) is 14.4 Å². The number of carbonyl (C=O) groups is 6. The zero-order valence-electron chi connectivity index (χ0n) is 79.4. The molecule has 3 aromatic heterocycles. The number of rotatable bonds is 9. The molecule has 3 saturated heterocycles. The average molecular weight is 2030 g/mol. The van der Waals surface area contributed by atoms with E-state index >= 15 is 17.6 Å². The Morgan fingerprint density at radius 1 is 0.355 bits per heavy atom. The molecule has 6 aliphatic heterocycles. The van der Waals surface area contributed by atoms with Gasteiger partial charge in [-0.05, 0) is 223 Å². The van der Waals surface area contributed by atoms with E-state index < -0.39 is 133 Å². The van der Waals surface area contributed by atoms with Crippen molar-refractivity contribution in [1.82, 2.24) is 60.6 Å². The Balaban J connectivity index is 0.000000198. The van der Waals surface area contributed by atoms with Gasteiger partial charge < -0.3 is 87.7 Å². The summed E-state index contributed by atoms with van der Waals surface area (Å²) in [6.07, 6.45) is 27.0. The van der Waals surface area contributed by atoms with Crippen LogP contribution in [0.15, 0.2) is 54.6 Å². The van der Waals surface area contributed by atoms with E-state index in [2.05, 4.69) is 42.2 Å². The quantitative estimate of drug-likeness (QED) is 0.0687. The molecule has 13 aliphatic rings. The van der Waals surface area contributed by atoms with Gasteiger partial charge in [-0.25, -0.2) is 63.1 Å². The van der Waals surface area contributed by atoms with Crippen LogP contribution in [-0.4, -0.2) is 213 Å². The maximum absolute atomic E-state index is 16.0. The maximum Gasteiger partial charge on any atom is 0.408 e. The molecule has 3 aromatic carbocycles. The molecule has 138 heavy (non-hydrogen) atoms. The molecule has 6 amide bonds. The molecule has 9 heterocycles. The Morgan fingerprint density at radius 2 is 0.703 bits per heavy atom. The molecular formula is C101H133F4N12O18V3-3. The smallest absolute Gasteiger partial charge is 0.408 e. The summed E-state index contributed by atoms with van der Waals surface area (Å²) in [4.78, 5) is 151. The molecule has 3 N–H and O–H groups in total. The number of nitrogens with zero attached hydrogens (tertiary/aromatic N) is 9. The van der Waals surface area contributed by atoms with Gasteiger partial charge in [0.25, 0.3) is 11.8 Å². The van der Waals surface area contributed by atoms with Crippen molar-refractivity contribution >= 4 is 88.0 Å². The zero-order valence-corrected chi connectivity index (χ0v) is 83.6. The summed E-state index contributed by atoms with van der Waals surface area (Å²) < 4.78 is 116. The number of halogens is 4. The Kier molecular flexibility index (Phi) is 35.4. The summed E-state index contributed by atoms with van der Waals surface area (Å²) in [6, 6.07) is 9.94. The van der Waals surface area contributed by atoms with Gasteiger partial charge in [0, 0.05) is 91.0 Å². The fraction of sp³-hybridized carbons (Fsp3) is 0.673. The summed E-state index contributed by atoms with van der Waals surface area (Å²) in [5.74, 6) is -6.30. The van der Waals surface area contributed by atoms with Gasteiger partial charge in [0.05, 0.1) is 74.1 Å². The van der Waals surface area contributed by atoms with E-state index in [1.54, 1.807) is 62.3 Å². The van der Waals surface area contributed by atoms with E-state index in [1.165, 1.54) is 30.4 Å². The zero-order chi connectivity index (χ0) is 94.5. The Bertz CT molecular complexity index is 5320. The summed E-state index contributed by atoms with van der Waals surface area (Å²) in [5.41, 5.74) is 2.27. The number of aromatic nitrogens is 6. The minimum Gasteiger partial charge on any atom is -0.540 e. The topological polar surface area (TPSA) is 360 Å². The molecular weight excluding hydrogens is 1900 g/mol. The van der Waals surface area contributed by atoms with E-state index in [1.807, 2.05) is 37.7 Å². The number of methoxy groups -OCH3 is 3. The minimum atomic E-state index is -3.35. The first-order valence-corrected chi connectivity index (χ1v) is 49.6. The van der Waals surface area contributed by atoms with E-state index in [0.29, 0.717) is 102 Å². The summed E-state index contributed by atoms with van der Waals surface area (Å²) in [6.45, 7) is 5.43. The summed E-state index contributed by atoms with van der Waals surface area (Å²) >= 11 is 0. The van der Waals surface area contributed by atoms with E-state index in [0.717, 1.165) is 152 Å². The second-order valence-corrected chi connectivity index (χ2v) is 40.1. The predicted octanol–water partition coefficient (Wildman–Crippen LogP) is 16.8. The van der Waals surface area contributed by atoms with Crippen LogP contribution < -0.4 is 44.4 Å². The van der Waals surface area contributed by atoms with Crippen LogP contribution in [0.3, 0.4) is 0 Å². The van der Waals surface area contributed by atoms with Gasteiger partial charge in [-0.15, -0.1) is 0 Å². The van der Waals surface area contributed by atoms with Gasteiger partial charge in [0.1, 0.15) is 77.7 Å². The van der Waals surface area contributed by atoms with Crippen LogP contribution in [0.5, 0.6) is 34.9 Å². The Hall–Kier alpha value is -8.82. The van der Waals surface area contributed by atoms with Crippen molar-refractivity contribution in [3.05, 3.63) is 71.7 Å². The largest absolute Gasteiger partial charge is 0.540 e. The van der Waals surface area contributed by atoms with Crippen LogP contribution in [0, 0.1) is 65.1 Å². The van der Waals surface area contributed by atoms with Crippen molar-refractivity contribution < 1.29 is 163 Å². The molecule has 3 radical (unpaired) electrons. The number of benzene rings is 3. The van der Waals surface area contributed by atoms with Crippen molar-refractivity contribution in [1.29, 1.82) is 0 Å². The molecule has 19 rings (SSSR count). The van der Waals surface area contributed by atoms with Crippen LogP contribution >= 0.6 is 0 Å². The number of ether oxygens (including phenoxy) is 9. The standard InChI is InChI=1S/C35H45N4O6.C34H43F2N4O6.C32H39F2N4O6.3V.3H2/c1-20-29(19-40)39-18-31(20)44-33-27(36-26-14-13-23(43-2)17-28(26)37-33)12-8-4-7-11-24-25-15-22(25)16-30(24)45-35(42)38-32(34(39)41)21-9-5-3-6-10-21;1-20-26(19-41)40-18-28(20)45-31-30(37-24-15-14-23(44-2)17-25(24)38-31)34(35,36)16-7-6-9-21-12-8-13-27(21)46-33(43)39-29(32(40)42)22-10-4-3-5-11-22;1-18-24(17-39)38-16-26(18)43-29-28(35-22-12-11-21(42-2)15-23(22)36-29)32(33,34)13-7-6-10-20-14-25(20)44-31(41)37-27(30(38)40)19-8-4-3-5-9-19;;;;;;/h13-14,17,20-22,24-25,29-32H,3-12,15-16,18H2,1-2H3,(H,38,42);14-15,17,20-22,26-29H,3-13,16,18H2,1-2H3,(H,39,43);11-12,15,18-20,24-27H,3-10,13-14,16H2,1-2H3,(H,37,41);;;;3*1H/q3*-1;;;;;;/t20-,22?,24+,25?,29+,30+,31-,32-;20-,21+,26+,27+,28-,29-;18-,20+,24+,25+,26-,27-;;;;;;/m000....../s1. The van der Waals surface area contributed by atoms with Crippen LogP contribution in [0.4, 0.5) is 31.9 Å². The first kappa shape index (κ1) is 105. The van der Waals surface area contributed by atoms with E-state index in [-0.39, 0.29) is 175 Å². The first-order chi connectivity index (χ1) is 65.3. The molecule has 10 fully saturated rings. The Labute approximate surface area is 842 Å². The van der Waals surface area contributed by atoms with Crippen LogP contribution in [-0.2, 0) is 117 Å². The Morgan fingerprint density at radius 3 is 1.12 bits per heavy atom. The third-order valence-corrected chi connectivity index (χ3v) is 31.5. The SMILES string of the molecule is COc1ccc2nc3c(nc2c1)O[C@H]1CN(C(=O)[C@H](C2CCCCC2)NC(=O)O[C@@H]2CC4CC4[C@H]2CCCCC3)[C@H]([C-]=O)[C@@H]1C.COc1ccc2nc3c(nc2c1)O[C@H]1CN(C(=O)[C@H](C2CCCCC2)NC(=O)O[C@@H]2CCC[C@H]2CCCCC3(F)F)[C@H]([C-]=O)[C@@H]1C.COc1ccc2nc3c(nc2c1)O[C@H]1CN(C(=O)[C@H](C2CCCCC2)NC(=O)O[C@@H]2C[C@H]2CCCCC3(F)F)[C@H]([C-]=O)[C@@H]1C.[HH].[HH].[HH].[V].[V].[V]. The number of fused-ring (bicyclic) bond motifs is 17. The van der Waals surface area contributed by atoms with Gasteiger partial charge in [0.15, 0.2) is 11.4 Å². The molecule has 2 unspecified atom stereocenters. The third-order valence-electron chi connectivity index (χ3n) is 31.5. The van der Waals surface area contributed by atoms with Crippen molar-refractivity contribution in [2.45, 2.75) is 324 Å². The second kappa shape index (κ2) is 46.5. The van der Waals surface area contributed by atoms with Gasteiger partial charge >= 0.3 is 18.3 Å². The normalized spacial score (nSPS) is 31.6. The number of hydrogen-bond donors (Lipinski definition) is 3. The average Bonchev–Trinajstić information content (AvgIpc) is 1.72. The second-order valence-electron chi connectivity index (χ2n) is 40.1. The van der Waals surface area contributed by atoms with Crippen molar-refractivity contribution in [2.75, 3.05) is 41.0 Å². The number of hydrogen-bond acceptors (Lipinski definition) is 24. The molecule has 37 heteroatoms. The van der Waals surface area contributed by atoms with E-state index in [9.17, 15) is 43.2 Å². The van der Waals surface area contributed by atoms with Crippen LogP contribution in [0.25, 0.3) is 33.1 Å². The molecule has 751 valence electrons. The number of nitrogens with one attached hydrogen (secondary N) is 3. The number of amides is 6. The predicted molar refractivity (Wildman–Crippen MR) is 492 cm³/mol.